The Labute approximate surface area is 179 Å². The van der Waals surface area contributed by atoms with Crippen LogP contribution >= 0.6 is 11.6 Å². The van der Waals surface area contributed by atoms with Crippen LogP contribution in [-0.4, -0.2) is 57.1 Å². The molecular weight excluding hydrogens is 436 g/mol. The molecule has 0 aromatic heterocycles. The molecule has 162 valence electrons. The first kappa shape index (κ1) is 22.5. The first-order valence-corrected chi connectivity index (χ1v) is 11.5. The van der Waals surface area contributed by atoms with Gasteiger partial charge in [0.2, 0.25) is 10.0 Å². The lowest BCUT2D eigenvalue weighted by Gasteiger charge is -2.35. The van der Waals surface area contributed by atoms with E-state index >= 15 is 0 Å². The Morgan fingerprint density at radius 2 is 1.67 bits per heavy atom. The second kappa shape index (κ2) is 9.72. The van der Waals surface area contributed by atoms with E-state index in [0.29, 0.717) is 18.8 Å². The quantitative estimate of drug-likeness (QED) is 0.649. The lowest BCUT2D eigenvalue weighted by molar-refractivity contribution is 0.0949. The third kappa shape index (κ3) is 5.27. The molecule has 1 heterocycles. The van der Waals surface area contributed by atoms with Crippen LogP contribution in [0, 0.1) is 11.6 Å². The van der Waals surface area contributed by atoms with Crippen molar-refractivity contribution in [2.75, 3.05) is 43.4 Å². The average molecular weight is 458 g/mol. The van der Waals surface area contributed by atoms with Crippen molar-refractivity contribution >= 4 is 33.2 Å². The molecule has 0 spiro atoms. The lowest BCUT2D eigenvalue weighted by atomic mass is 10.2. The third-order valence-electron chi connectivity index (χ3n) is 4.88. The molecule has 1 amide bonds. The van der Waals surface area contributed by atoms with Gasteiger partial charge in [-0.15, -0.1) is 0 Å². The molecule has 1 fully saturated rings. The van der Waals surface area contributed by atoms with Crippen molar-refractivity contribution in [3.05, 3.63) is 64.7 Å². The Kier molecular flexibility index (Phi) is 7.27. The van der Waals surface area contributed by atoms with Gasteiger partial charge in [0.05, 0.1) is 22.0 Å². The molecular formula is C20H22ClF2N3O3S. The fourth-order valence-corrected chi connectivity index (χ4v) is 5.04. The Morgan fingerprint density at radius 1 is 1.00 bits per heavy atom. The highest BCUT2D eigenvalue weighted by Crippen LogP contribution is 2.21. The highest BCUT2D eigenvalue weighted by molar-refractivity contribution is 7.89. The molecule has 0 unspecified atom stereocenters. The van der Waals surface area contributed by atoms with Crippen LogP contribution in [-0.2, 0) is 10.0 Å². The maximum Gasteiger partial charge on any atom is 0.255 e. The van der Waals surface area contributed by atoms with Gasteiger partial charge in [-0.05, 0) is 30.7 Å². The normalized spacial score (nSPS) is 15.2. The summed E-state index contributed by atoms with van der Waals surface area (Å²) < 4.78 is 54.1. The average Bonchev–Trinajstić information content (AvgIpc) is 2.72. The molecule has 30 heavy (non-hydrogen) atoms. The number of piperazine rings is 1. The van der Waals surface area contributed by atoms with Crippen molar-refractivity contribution in [1.29, 1.82) is 0 Å². The molecule has 0 aliphatic carbocycles. The molecule has 1 saturated heterocycles. The summed E-state index contributed by atoms with van der Waals surface area (Å²) in [5.74, 6) is -1.91. The number of nitrogens with zero attached hydrogens (tertiary/aromatic N) is 2. The van der Waals surface area contributed by atoms with Crippen LogP contribution in [0.5, 0.6) is 0 Å². The van der Waals surface area contributed by atoms with E-state index in [2.05, 4.69) is 5.32 Å². The monoisotopic (exact) mass is 457 g/mol. The number of hydrogen-bond donors (Lipinski definition) is 1. The van der Waals surface area contributed by atoms with Gasteiger partial charge in [-0.25, -0.2) is 17.2 Å². The fraction of sp³-hybridized carbons (Fsp3) is 0.350. The van der Waals surface area contributed by atoms with Gasteiger partial charge in [0.15, 0.2) is 0 Å². The van der Waals surface area contributed by atoms with E-state index in [1.165, 1.54) is 22.5 Å². The van der Waals surface area contributed by atoms with Gasteiger partial charge in [0.25, 0.3) is 5.91 Å². The molecule has 2 aromatic rings. The summed E-state index contributed by atoms with van der Waals surface area (Å²) in [4.78, 5) is 13.9. The number of rotatable bonds is 7. The molecule has 0 atom stereocenters. The summed E-state index contributed by atoms with van der Waals surface area (Å²) >= 11 is 5.85. The van der Waals surface area contributed by atoms with E-state index in [1.807, 2.05) is 4.90 Å². The van der Waals surface area contributed by atoms with Crippen molar-refractivity contribution in [3.63, 3.8) is 0 Å². The van der Waals surface area contributed by atoms with Gasteiger partial charge in [-0.1, -0.05) is 29.8 Å². The van der Waals surface area contributed by atoms with Gasteiger partial charge in [0.1, 0.15) is 11.6 Å². The van der Waals surface area contributed by atoms with Crippen LogP contribution in [0.2, 0.25) is 5.02 Å². The van der Waals surface area contributed by atoms with Crippen molar-refractivity contribution in [3.8, 4) is 0 Å². The Bertz CT molecular complexity index is 992. The number of hydrogen-bond acceptors (Lipinski definition) is 4. The van der Waals surface area contributed by atoms with E-state index < -0.39 is 21.7 Å². The molecule has 10 heteroatoms. The summed E-state index contributed by atoms with van der Waals surface area (Å²) in [7, 11) is -3.52. The minimum absolute atomic E-state index is 0.00662. The van der Waals surface area contributed by atoms with Gasteiger partial charge < -0.3 is 10.2 Å². The lowest BCUT2D eigenvalue weighted by Crippen LogP contribution is -2.49. The van der Waals surface area contributed by atoms with Crippen LogP contribution < -0.4 is 10.2 Å². The second-order valence-corrected chi connectivity index (χ2v) is 9.36. The molecule has 3 rings (SSSR count). The summed E-state index contributed by atoms with van der Waals surface area (Å²) in [6.07, 6.45) is 0.174. The van der Waals surface area contributed by atoms with Crippen LogP contribution in [0.1, 0.15) is 16.8 Å². The zero-order valence-electron chi connectivity index (χ0n) is 16.2. The smallest absolute Gasteiger partial charge is 0.255 e. The van der Waals surface area contributed by atoms with Gasteiger partial charge >= 0.3 is 0 Å². The van der Waals surface area contributed by atoms with Crippen LogP contribution in [0.25, 0.3) is 0 Å². The summed E-state index contributed by atoms with van der Waals surface area (Å²) in [5, 5.41) is 2.49. The number of benzene rings is 2. The molecule has 6 nitrogen and oxygen atoms in total. The zero-order chi connectivity index (χ0) is 21.7. The number of halogens is 3. The number of carbonyl (C=O) groups excluding carboxylic acids is 1. The largest absolute Gasteiger partial charge is 0.367 e. The van der Waals surface area contributed by atoms with Gasteiger partial charge in [0, 0.05) is 32.7 Å². The third-order valence-corrected chi connectivity index (χ3v) is 7.15. The summed E-state index contributed by atoms with van der Waals surface area (Å²) in [5.41, 5.74) is 0.204. The number of nitrogens with one attached hydrogen (secondary N) is 1. The Balaban J connectivity index is 1.47. The van der Waals surface area contributed by atoms with Crippen LogP contribution in [0.3, 0.4) is 0 Å². The molecule has 2 aromatic carbocycles. The first-order valence-electron chi connectivity index (χ1n) is 9.49. The fourth-order valence-electron chi connectivity index (χ4n) is 3.30. The van der Waals surface area contributed by atoms with E-state index in [1.54, 1.807) is 18.2 Å². The highest BCUT2D eigenvalue weighted by atomic mass is 35.5. The van der Waals surface area contributed by atoms with Crippen molar-refractivity contribution in [2.24, 2.45) is 0 Å². The first-order chi connectivity index (χ1) is 14.3. The van der Waals surface area contributed by atoms with E-state index in [9.17, 15) is 22.0 Å². The molecule has 0 bridgehead atoms. The van der Waals surface area contributed by atoms with Crippen molar-refractivity contribution < 1.29 is 22.0 Å². The summed E-state index contributed by atoms with van der Waals surface area (Å²) in [6.45, 7) is 1.37. The van der Waals surface area contributed by atoms with Crippen molar-refractivity contribution in [1.82, 2.24) is 9.62 Å². The van der Waals surface area contributed by atoms with E-state index in [4.69, 9.17) is 11.6 Å². The highest BCUT2D eigenvalue weighted by Gasteiger charge is 2.27. The van der Waals surface area contributed by atoms with Gasteiger partial charge in [-0.2, -0.15) is 4.31 Å². The van der Waals surface area contributed by atoms with Crippen LogP contribution in [0.4, 0.5) is 14.5 Å². The minimum atomic E-state index is -3.52. The maximum absolute atomic E-state index is 13.9. The number of sulfonamides is 1. The number of para-hydroxylation sites is 1. The SMILES string of the molecule is O=C(NCCCS(=O)(=O)N1CCN(c2ccccc2F)CC1)c1c(F)cccc1Cl. The van der Waals surface area contributed by atoms with E-state index in [-0.39, 0.29) is 48.2 Å². The maximum atomic E-state index is 13.9. The summed E-state index contributed by atoms with van der Waals surface area (Å²) in [6, 6.07) is 10.3. The second-order valence-electron chi connectivity index (χ2n) is 6.86. The topological polar surface area (TPSA) is 69.7 Å². The number of carbonyl (C=O) groups is 1. The number of anilines is 1. The van der Waals surface area contributed by atoms with Crippen LogP contribution in [0.15, 0.2) is 42.5 Å². The molecule has 0 saturated carbocycles. The van der Waals surface area contributed by atoms with Gasteiger partial charge in [-0.3, -0.25) is 4.79 Å². The predicted octanol–water partition coefficient (Wildman–Crippen LogP) is 2.89. The minimum Gasteiger partial charge on any atom is -0.367 e. The molecule has 1 N–H and O–H groups in total. The standard InChI is InChI=1S/C20H22ClF2N3O3S/c21-15-5-3-7-17(23)19(15)20(27)24-9-4-14-30(28,29)26-12-10-25(11-13-26)18-8-2-1-6-16(18)22/h1-3,5-8H,4,9-14H2,(H,24,27). The van der Waals surface area contributed by atoms with Crippen molar-refractivity contribution in [2.45, 2.75) is 6.42 Å². The Morgan fingerprint density at radius 3 is 2.33 bits per heavy atom. The number of amides is 1. The molecule has 1 aliphatic heterocycles. The zero-order valence-corrected chi connectivity index (χ0v) is 17.7. The predicted molar refractivity (Wildman–Crippen MR) is 112 cm³/mol. The molecule has 1 aliphatic rings. The Hall–Kier alpha value is -2.23. The van der Waals surface area contributed by atoms with E-state index in [0.717, 1.165) is 6.07 Å². The molecule has 0 radical (unpaired) electrons.